The molecule has 1 unspecified atom stereocenters. The zero-order chi connectivity index (χ0) is 21.0. The molecule has 0 saturated carbocycles. The third-order valence-corrected chi connectivity index (χ3v) is 4.97. The van der Waals surface area contributed by atoms with Crippen LogP contribution in [0.5, 0.6) is 5.75 Å². The fourth-order valence-corrected chi connectivity index (χ4v) is 3.81. The molecule has 0 spiro atoms. The number of aromatic nitrogens is 1. The summed E-state index contributed by atoms with van der Waals surface area (Å²) >= 11 is 0. The van der Waals surface area contributed by atoms with Crippen LogP contribution >= 0.6 is 0 Å². The standard InChI is InChI=1S/C24H30N4O/c1-6-26-17(5)27-19-10-8-18(9-11-19)24-22(15-25)21-13-12-20(29-7-2)14-23(21)28(24)16(3)4/h8-14,16-17,26-27H,6-7H2,1-5H3. The molecule has 0 amide bonds. The van der Waals surface area contributed by atoms with Crippen molar-refractivity contribution in [2.75, 3.05) is 18.5 Å². The van der Waals surface area contributed by atoms with Crippen molar-refractivity contribution in [1.29, 1.82) is 5.26 Å². The maximum atomic E-state index is 9.96. The highest BCUT2D eigenvalue weighted by Crippen LogP contribution is 2.37. The molecule has 0 aliphatic rings. The molecule has 152 valence electrons. The SMILES string of the molecule is CCNC(C)Nc1ccc(-c2c(C#N)c3ccc(OCC)cc3n2C(C)C)cc1. The van der Waals surface area contributed by atoms with E-state index < -0.39 is 0 Å². The molecule has 0 saturated heterocycles. The second kappa shape index (κ2) is 9.02. The molecule has 0 radical (unpaired) electrons. The van der Waals surface area contributed by atoms with Crippen LogP contribution in [-0.2, 0) is 0 Å². The predicted octanol–water partition coefficient (Wildman–Crippen LogP) is 5.53. The third kappa shape index (κ3) is 4.23. The van der Waals surface area contributed by atoms with Gasteiger partial charge in [-0.25, -0.2) is 0 Å². The number of hydrogen-bond donors (Lipinski definition) is 2. The average Bonchev–Trinajstić information content (AvgIpc) is 3.02. The van der Waals surface area contributed by atoms with Crippen LogP contribution in [0.3, 0.4) is 0 Å². The molecule has 3 rings (SSSR count). The van der Waals surface area contributed by atoms with Gasteiger partial charge >= 0.3 is 0 Å². The number of rotatable bonds is 8. The van der Waals surface area contributed by atoms with Gasteiger partial charge in [0.05, 0.1) is 29.5 Å². The number of nitriles is 1. The highest BCUT2D eigenvalue weighted by atomic mass is 16.5. The van der Waals surface area contributed by atoms with E-state index in [1.807, 2.05) is 25.1 Å². The number of hydrogen-bond acceptors (Lipinski definition) is 4. The van der Waals surface area contributed by atoms with Gasteiger partial charge in [0.15, 0.2) is 0 Å². The molecule has 5 nitrogen and oxygen atoms in total. The van der Waals surface area contributed by atoms with Gasteiger partial charge in [0.25, 0.3) is 0 Å². The Hall–Kier alpha value is -2.97. The van der Waals surface area contributed by atoms with Gasteiger partial charge < -0.3 is 14.6 Å². The maximum Gasteiger partial charge on any atom is 0.121 e. The van der Waals surface area contributed by atoms with Crippen LogP contribution in [0.4, 0.5) is 5.69 Å². The number of anilines is 1. The van der Waals surface area contributed by atoms with Gasteiger partial charge in [0.1, 0.15) is 11.8 Å². The summed E-state index contributed by atoms with van der Waals surface area (Å²) in [6.07, 6.45) is 0.194. The van der Waals surface area contributed by atoms with Crippen molar-refractivity contribution in [2.45, 2.75) is 46.8 Å². The van der Waals surface area contributed by atoms with Gasteiger partial charge in [-0.2, -0.15) is 5.26 Å². The van der Waals surface area contributed by atoms with Crippen molar-refractivity contribution in [3.8, 4) is 23.1 Å². The Kier molecular flexibility index (Phi) is 6.46. The third-order valence-electron chi connectivity index (χ3n) is 4.97. The summed E-state index contributed by atoms with van der Waals surface area (Å²) < 4.78 is 7.94. The van der Waals surface area contributed by atoms with Crippen LogP contribution in [0.2, 0.25) is 0 Å². The Bertz CT molecular complexity index is 1010. The normalized spacial score (nSPS) is 12.2. The molecule has 0 aliphatic carbocycles. The van der Waals surface area contributed by atoms with Gasteiger partial charge in [-0.15, -0.1) is 0 Å². The average molecular weight is 391 g/mol. The highest BCUT2D eigenvalue weighted by molar-refractivity contribution is 5.95. The van der Waals surface area contributed by atoms with Gasteiger partial charge in [-0.3, -0.25) is 5.32 Å². The first-order valence-corrected chi connectivity index (χ1v) is 10.3. The Morgan fingerprint density at radius 1 is 1.07 bits per heavy atom. The van der Waals surface area contributed by atoms with E-state index in [-0.39, 0.29) is 12.2 Å². The molecule has 2 aromatic carbocycles. The number of fused-ring (bicyclic) bond motifs is 1. The van der Waals surface area contributed by atoms with Gasteiger partial charge in [-0.05, 0) is 64.1 Å². The van der Waals surface area contributed by atoms with Crippen LogP contribution in [0, 0.1) is 11.3 Å². The van der Waals surface area contributed by atoms with Gasteiger partial charge in [0, 0.05) is 23.2 Å². The van der Waals surface area contributed by atoms with Crippen molar-refractivity contribution < 1.29 is 4.74 Å². The summed E-state index contributed by atoms with van der Waals surface area (Å²) in [6, 6.07) is 16.9. The number of nitrogens with zero attached hydrogens (tertiary/aromatic N) is 2. The number of ether oxygens (including phenoxy) is 1. The van der Waals surface area contributed by atoms with E-state index in [2.05, 4.69) is 73.2 Å². The van der Waals surface area contributed by atoms with Crippen molar-refractivity contribution in [3.63, 3.8) is 0 Å². The number of nitrogens with one attached hydrogen (secondary N) is 2. The lowest BCUT2D eigenvalue weighted by atomic mass is 10.1. The molecule has 0 aliphatic heterocycles. The van der Waals surface area contributed by atoms with Crippen molar-refractivity contribution in [3.05, 3.63) is 48.0 Å². The largest absolute Gasteiger partial charge is 0.494 e. The Morgan fingerprint density at radius 3 is 2.38 bits per heavy atom. The minimum Gasteiger partial charge on any atom is -0.494 e. The van der Waals surface area contributed by atoms with Crippen LogP contribution < -0.4 is 15.4 Å². The quantitative estimate of drug-likeness (QED) is 0.497. The smallest absolute Gasteiger partial charge is 0.121 e. The lowest BCUT2D eigenvalue weighted by Gasteiger charge is -2.18. The number of benzene rings is 2. The summed E-state index contributed by atoms with van der Waals surface area (Å²) in [7, 11) is 0. The highest BCUT2D eigenvalue weighted by Gasteiger charge is 2.21. The molecular formula is C24H30N4O. The van der Waals surface area contributed by atoms with E-state index in [1.165, 1.54) is 0 Å². The summed E-state index contributed by atoms with van der Waals surface area (Å²) in [6.45, 7) is 12.0. The maximum absolute atomic E-state index is 9.96. The van der Waals surface area contributed by atoms with E-state index in [0.717, 1.165) is 40.1 Å². The minimum absolute atomic E-state index is 0.194. The lowest BCUT2D eigenvalue weighted by molar-refractivity contribution is 0.340. The summed E-state index contributed by atoms with van der Waals surface area (Å²) in [4.78, 5) is 0. The van der Waals surface area contributed by atoms with E-state index in [4.69, 9.17) is 4.74 Å². The molecule has 1 atom stereocenters. The summed E-state index contributed by atoms with van der Waals surface area (Å²) in [5.74, 6) is 0.826. The molecule has 2 N–H and O–H groups in total. The molecule has 0 fully saturated rings. The molecule has 0 bridgehead atoms. The predicted molar refractivity (Wildman–Crippen MR) is 120 cm³/mol. The van der Waals surface area contributed by atoms with E-state index in [1.54, 1.807) is 0 Å². The van der Waals surface area contributed by atoms with E-state index >= 15 is 0 Å². The first-order chi connectivity index (χ1) is 14.0. The fourth-order valence-electron chi connectivity index (χ4n) is 3.81. The molecule has 1 heterocycles. The Morgan fingerprint density at radius 2 is 1.79 bits per heavy atom. The first-order valence-electron chi connectivity index (χ1n) is 10.3. The first kappa shape index (κ1) is 20.8. The van der Waals surface area contributed by atoms with Crippen LogP contribution in [-0.4, -0.2) is 23.9 Å². The van der Waals surface area contributed by atoms with Crippen molar-refractivity contribution in [1.82, 2.24) is 9.88 Å². The lowest BCUT2D eigenvalue weighted by Crippen LogP contribution is -2.32. The fraction of sp³-hybridized carbons (Fsp3) is 0.375. The van der Waals surface area contributed by atoms with Gasteiger partial charge in [0.2, 0.25) is 0 Å². The van der Waals surface area contributed by atoms with Crippen LogP contribution in [0.25, 0.3) is 22.2 Å². The van der Waals surface area contributed by atoms with Crippen LogP contribution in [0.15, 0.2) is 42.5 Å². The second-order valence-electron chi connectivity index (χ2n) is 7.41. The molecule has 3 aromatic rings. The van der Waals surface area contributed by atoms with Crippen molar-refractivity contribution in [2.24, 2.45) is 0 Å². The van der Waals surface area contributed by atoms with E-state index in [9.17, 15) is 5.26 Å². The summed E-state index contributed by atoms with van der Waals surface area (Å²) in [5, 5.41) is 17.7. The van der Waals surface area contributed by atoms with E-state index in [0.29, 0.717) is 12.2 Å². The Balaban J connectivity index is 2.10. The molecule has 5 heteroatoms. The second-order valence-corrected chi connectivity index (χ2v) is 7.41. The molecule has 29 heavy (non-hydrogen) atoms. The zero-order valence-electron chi connectivity index (χ0n) is 17.9. The van der Waals surface area contributed by atoms with Crippen molar-refractivity contribution >= 4 is 16.6 Å². The molecular weight excluding hydrogens is 360 g/mol. The monoisotopic (exact) mass is 390 g/mol. The van der Waals surface area contributed by atoms with Crippen LogP contribution in [0.1, 0.15) is 46.2 Å². The topological polar surface area (TPSA) is 62.0 Å². The summed E-state index contributed by atoms with van der Waals surface area (Å²) in [5.41, 5.74) is 4.77. The Labute approximate surface area is 173 Å². The zero-order valence-corrected chi connectivity index (χ0v) is 17.9. The molecule has 1 aromatic heterocycles. The van der Waals surface area contributed by atoms with Gasteiger partial charge in [-0.1, -0.05) is 19.1 Å². The minimum atomic E-state index is 0.194.